The number of nitrogens with two attached hydrogens (primary N) is 1. The highest BCUT2D eigenvalue weighted by Crippen LogP contribution is 2.32. The molecule has 0 saturated carbocycles. The van der Waals surface area contributed by atoms with Crippen molar-refractivity contribution in [1.82, 2.24) is 4.98 Å². The number of rotatable bonds is 4. The molecule has 0 atom stereocenters. The first-order valence-electron chi connectivity index (χ1n) is 6.94. The van der Waals surface area contributed by atoms with Gasteiger partial charge >= 0.3 is 0 Å². The molecule has 3 N–H and O–H groups in total. The van der Waals surface area contributed by atoms with E-state index >= 15 is 0 Å². The number of halogens is 2. The van der Waals surface area contributed by atoms with Crippen LogP contribution in [0, 0.1) is 23.0 Å². The molecule has 0 unspecified atom stereocenters. The van der Waals surface area contributed by atoms with E-state index in [0.29, 0.717) is 16.5 Å². The molecule has 128 valence electrons. The molecule has 3 rings (SSSR count). The molecule has 0 spiro atoms. The number of hydrogen-bond acceptors (Lipinski definition) is 4. The fourth-order valence-corrected chi connectivity index (χ4v) is 3.18. The van der Waals surface area contributed by atoms with Crippen LogP contribution in [0.2, 0.25) is 0 Å². The molecule has 2 aromatic carbocycles. The molecule has 0 fully saturated rings. The number of sulfonamides is 1. The average Bonchev–Trinajstić information content (AvgIpc) is 2.98. The van der Waals surface area contributed by atoms with Gasteiger partial charge in [-0.2, -0.15) is 5.26 Å². The standard InChI is InChI=1S/C16H11F2N3O3S/c17-12-7-15(24-4-3-19)13(18)6-11(12)9-1-2-10-14(5-9)21-8-16(10)25(20,22)23/h1-2,5-8,21H,4H2,(H2,20,22,23). The van der Waals surface area contributed by atoms with Crippen molar-refractivity contribution in [3.63, 3.8) is 0 Å². The van der Waals surface area contributed by atoms with Crippen LogP contribution in [-0.4, -0.2) is 20.0 Å². The minimum absolute atomic E-state index is 0.0320. The Morgan fingerprint density at radius 3 is 2.64 bits per heavy atom. The third-order valence-electron chi connectivity index (χ3n) is 3.58. The minimum atomic E-state index is -3.90. The van der Waals surface area contributed by atoms with Crippen molar-refractivity contribution in [2.24, 2.45) is 5.14 Å². The van der Waals surface area contributed by atoms with Crippen LogP contribution in [0.3, 0.4) is 0 Å². The summed E-state index contributed by atoms with van der Waals surface area (Å²) in [5, 5.41) is 13.9. The van der Waals surface area contributed by atoms with Crippen molar-refractivity contribution < 1.29 is 21.9 Å². The lowest BCUT2D eigenvalue weighted by atomic mass is 10.0. The highest BCUT2D eigenvalue weighted by molar-refractivity contribution is 7.89. The molecule has 9 heteroatoms. The zero-order chi connectivity index (χ0) is 18.2. The topological polar surface area (TPSA) is 109 Å². The molecular weight excluding hydrogens is 352 g/mol. The molecule has 0 aliphatic rings. The third kappa shape index (κ3) is 3.17. The van der Waals surface area contributed by atoms with Gasteiger partial charge in [0, 0.05) is 28.7 Å². The van der Waals surface area contributed by atoms with Gasteiger partial charge in [-0.15, -0.1) is 0 Å². The van der Waals surface area contributed by atoms with Crippen molar-refractivity contribution in [3.8, 4) is 22.9 Å². The van der Waals surface area contributed by atoms with Crippen molar-refractivity contribution in [2.45, 2.75) is 4.90 Å². The molecule has 1 heterocycles. The number of nitrogens with zero attached hydrogens (tertiary/aromatic N) is 1. The van der Waals surface area contributed by atoms with E-state index in [4.69, 9.17) is 15.1 Å². The van der Waals surface area contributed by atoms with Crippen LogP contribution in [0.25, 0.3) is 22.0 Å². The van der Waals surface area contributed by atoms with Gasteiger partial charge in [-0.05, 0) is 17.7 Å². The Morgan fingerprint density at radius 1 is 1.20 bits per heavy atom. The van der Waals surface area contributed by atoms with Crippen LogP contribution in [0.4, 0.5) is 8.78 Å². The van der Waals surface area contributed by atoms with E-state index in [1.807, 2.05) is 0 Å². The van der Waals surface area contributed by atoms with Crippen LogP contribution in [0.15, 0.2) is 41.4 Å². The molecule has 0 aliphatic heterocycles. The van der Waals surface area contributed by atoms with Gasteiger partial charge in [0.05, 0.1) is 0 Å². The molecule has 0 amide bonds. The molecule has 3 aromatic rings. The highest BCUT2D eigenvalue weighted by atomic mass is 32.2. The van der Waals surface area contributed by atoms with E-state index in [-0.39, 0.29) is 16.2 Å². The summed E-state index contributed by atoms with van der Waals surface area (Å²) in [6.07, 6.45) is 1.24. The minimum Gasteiger partial charge on any atom is -0.476 e. The van der Waals surface area contributed by atoms with Crippen LogP contribution in [-0.2, 0) is 10.0 Å². The van der Waals surface area contributed by atoms with Gasteiger partial charge in [0.25, 0.3) is 0 Å². The fraction of sp³-hybridized carbons (Fsp3) is 0.0625. The Kier molecular flexibility index (Phi) is 4.16. The Morgan fingerprint density at radius 2 is 1.96 bits per heavy atom. The van der Waals surface area contributed by atoms with E-state index < -0.39 is 28.3 Å². The number of aromatic nitrogens is 1. The number of ether oxygens (including phenoxy) is 1. The summed E-state index contributed by atoms with van der Waals surface area (Å²) < 4.78 is 56.1. The van der Waals surface area contributed by atoms with Gasteiger partial charge in [-0.25, -0.2) is 22.3 Å². The normalized spacial score (nSPS) is 11.4. The second-order valence-electron chi connectivity index (χ2n) is 5.17. The van der Waals surface area contributed by atoms with Crippen LogP contribution in [0.5, 0.6) is 5.75 Å². The largest absolute Gasteiger partial charge is 0.476 e. The average molecular weight is 363 g/mol. The SMILES string of the molecule is N#CCOc1cc(F)c(-c2ccc3c(S(N)(=O)=O)c[nH]c3c2)cc1F. The highest BCUT2D eigenvalue weighted by Gasteiger charge is 2.17. The van der Waals surface area contributed by atoms with Crippen LogP contribution in [0.1, 0.15) is 0 Å². The summed E-state index contributed by atoms with van der Waals surface area (Å²) in [7, 11) is -3.90. The summed E-state index contributed by atoms with van der Waals surface area (Å²) >= 11 is 0. The summed E-state index contributed by atoms with van der Waals surface area (Å²) in [5.41, 5.74) is 0.708. The van der Waals surface area contributed by atoms with Gasteiger partial charge in [0.15, 0.2) is 18.2 Å². The lowest BCUT2D eigenvalue weighted by Crippen LogP contribution is -2.11. The number of H-pyrrole nitrogens is 1. The Hall–Kier alpha value is -2.96. The number of aromatic amines is 1. The maximum atomic E-state index is 14.3. The number of hydrogen-bond donors (Lipinski definition) is 2. The molecule has 0 aliphatic carbocycles. The Bertz CT molecular complexity index is 1120. The summed E-state index contributed by atoms with van der Waals surface area (Å²) in [4.78, 5) is 2.66. The van der Waals surface area contributed by atoms with Gasteiger partial charge in [-0.3, -0.25) is 0 Å². The summed E-state index contributed by atoms with van der Waals surface area (Å²) in [6.45, 7) is -0.402. The van der Waals surface area contributed by atoms with E-state index in [1.54, 1.807) is 6.07 Å². The van der Waals surface area contributed by atoms with Gasteiger partial charge < -0.3 is 9.72 Å². The number of nitriles is 1. The van der Waals surface area contributed by atoms with Crippen LogP contribution < -0.4 is 9.88 Å². The van der Waals surface area contributed by atoms with Crippen molar-refractivity contribution in [3.05, 3.63) is 48.2 Å². The quantitative estimate of drug-likeness (QED) is 0.742. The molecular formula is C16H11F2N3O3S. The Labute approximate surface area is 141 Å². The Balaban J connectivity index is 2.08. The smallest absolute Gasteiger partial charge is 0.240 e. The first kappa shape index (κ1) is 16.9. The van der Waals surface area contributed by atoms with E-state index in [9.17, 15) is 17.2 Å². The number of primary sulfonamides is 1. The zero-order valence-corrected chi connectivity index (χ0v) is 13.4. The lowest BCUT2D eigenvalue weighted by Gasteiger charge is -2.08. The zero-order valence-electron chi connectivity index (χ0n) is 12.6. The van der Waals surface area contributed by atoms with Gasteiger partial charge in [0.1, 0.15) is 16.8 Å². The maximum absolute atomic E-state index is 14.3. The monoisotopic (exact) mass is 363 g/mol. The van der Waals surface area contributed by atoms with Crippen molar-refractivity contribution in [1.29, 1.82) is 5.26 Å². The first-order valence-corrected chi connectivity index (χ1v) is 8.49. The molecule has 0 saturated heterocycles. The number of fused-ring (bicyclic) bond motifs is 1. The third-order valence-corrected chi connectivity index (χ3v) is 4.53. The van der Waals surface area contributed by atoms with E-state index in [2.05, 4.69) is 4.98 Å². The summed E-state index contributed by atoms with van der Waals surface area (Å²) in [6, 6.07) is 7.88. The molecule has 1 aromatic heterocycles. The molecule has 0 radical (unpaired) electrons. The predicted molar refractivity (Wildman–Crippen MR) is 86.1 cm³/mol. The van der Waals surface area contributed by atoms with Gasteiger partial charge in [0.2, 0.25) is 10.0 Å². The first-order chi connectivity index (χ1) is 11.8. The molecule has 25 heavy (non-hydrogen) atoms. The van der Waals surface area contributed by atoms with Crippen molar-refractivity contribution >= 4 is 20.9 Å². The second-order valence-corrected chi connectivity index (χ2v) is 6.70. The second kappa shape index (κ2) is 6.16. The summed E-state index contributed by atoms with van der Waals surface area (Å²) in [5.74, 6) is -1.92. The molecule has 6 nitrogen and oxygen atoms in total. The van der Waals surface area contributed by atoms with E-state index in [0.717, 1.165) is 12.1 Å². The predicted octanol–water partition coefficient (Wildman–Crippen LogP) is 2.66. The van der Waals surface area contributed by atoms with Crippen LogP contribution >= 0.6 is 0 Å². The number of benzene rings is 2. The number of nitrogens with one attached hydrogen (secondary N) is 1. The van der Waals surface area contributed by atoms with Crippen molar-refractivity contribution in [2.75, 3.05) is 6.61 Å². The fourth-order valence-electron chi connectivity index (χ4n) is 2.47. The van der Waals surface area contributed by atoms with E-state index in [1.165, 1.54) is 24.4 Å². The van der Waals surface area contributed by atoms with Gasteiger partial charge in [-0.1, -0.05) is 12.1 Å². The maximum Gasteiger partial charge on any atom is 0.240 e. The molecule has 0 bridgehead atoms. The lowest BCUT2D eigenvalue weighted by molar-refractivity contribution is 0.344.